The molecule has 0 unspecified atom stereocenters. The zero-order chi connectivity index (χ0) is 14.5. The van der Waals surface area contributed by atoms with Crippen LogP contribution in [-0.4, -0.2) is 33.2 Å². The number of rotatable bonds is 6. The predicted molar refractivity (Wildman–Crippen MR) is 71.2 cm³/mol. The summed E-state index contributed by atoms with van der Waals surface area (Å²) in [7, 11) is -3.56. The Balaban J connectivity index is 2.42. The van der Waals surface area contributed by atoms with Gasteiger partial charge in [-0.3, -0.25) is 4.79 Å². The molecule has 0 heterocycles. The third kappa shape index (κ3) is 5.71. The van der Waals surface area contributed by atoms with Gasteiger partial charge < -0.3 is 10.1 Å². The summed E-state index contributed by atoms with van der Waals surface area (Å²) in [6.07, 6.45) is 0. The molecule has 0 bridgehead atoms. The van der Waals surface area contributed by atoms with Crippen LogP contribution in [-0.2, 0) is 14.8 Å². The lowest BCUT2D eigenvalue weighted by molar-refractivity contribution is -0.122. The fourth-order valence-electron chi connectivity index (χ4n) is 1.48. The van der Waals surface area contributed by atoms with E-state index in [2.05, 4.69) is 11.4 Å². The Morgan fingerprint density at radius 1 is 1.37 bits per heavy atom. The number of aryl methyl sites for hydroxylation is 2. The van der Waals surface area contributed by atoms with Crippen molar-refractivity contribution in [3.8, 4) is 5.75 Å². The van der Waals surface area contributed by atoms with Crippen LogP contribution in [0.25, 0.3) is 0 Å². The summed E-state index contributed by atoms with van der Waals surface area (Å²) < 4.78 is 26.7. The number of nitrogens with two attached hydrogens (primary N) is 1. The van der Waals surface area contributed by atoms with Gasteiger partial charge in [-0.1, -0.05) is 0 Å². The minimum Gasteiger partial charge on any atom is -0.483 e. The highest BCUT2D eigenvalue weighted by atomic mass is 32.2. The van der Waals surface area contributed by atoms with Crippen molar-refractivity contribution < 1.29 is 17.9 Å². The Kier molecular flexibility index (Phi) is 5.31. The number of ether oxygens (including phenoxy) is 1. The molecule has 0 aliphatic heterocycles. The molecule has 0 aliphatic rings. The van der Waals surface area contributed by atoms with Crippen molar-refractivity contribution in [3.05, 3.63) is 29.3 Å². The van der Waals surface area contributed by atoms with Gasteiger partial charge in [-0.05, 0) is 43.2 Å². The summed E-state index contributed by atoms with van der Waals surface area (Å²) in [4.78, 5) is 11.4. The quantitative estimate of drug-likeness (QED) is 0.761. The van der Waals surface area contributed by atoms with E-state index in [4.69, 9.17) is 9.88 Å². The first-order valence-corrected chi connectivity index (χ1v) is 7.38. The number of nitrogens with one attached hydrogen (secondary N) is 1. The summed E-state index contributed by atoms with van der Waals surface area (Å²) in [6.45, 7) is 3.52. The van der Waals surface area contributed by atoms with Gasteiger partial charge in [0.25, 0.3) is 5.91 Å². The summed E-state index contributed by atoms with van der Waals surface area (Å²) >= 11 is 0. The molecule has 1 amide bonds. The molecular weight excluding hydrogens is 268 g/mol. The van der Waals surface area contributed by atoms with Crippen molar-refractivity contribution in [2.24, 2.45) is 5.14 Å². The lowest BCUT2D eigenvalue weighted by atomic mass is 10.1. The van der Waals surface area contributed by atoms with Crippen LogP contribution >= 0.6 is 0 Å². The molecule has 0 aliphatic carbocycles. The standard InChI is InChI=1S/C12H17N2O4S/c1-9-4-3-5-10(2)12(9)18-8-11(15)14-6-7-19(13,16)17/h4-5H,6-8H2,1-2H3,(H,14,15)(H2,13,16,17). The molecule has 1 rings (SSSR count). The highest BCUT2D eigenvalue weighted by Crippen LogP contribution is 2.21. The van der Waals surface area contributed by atoms with Crippen LogP contribution in [0.4, 0.5) is 0 Å². The molecule has 1 aromatic rings. The van der Waals surface area contributed by atoms with Gasteiger partial charge in [0.15, 0.2) is 6.61 Å². The molecule has 0 fully saturated rings. The van der Waals surface area contributed by atoms with Crippen molar-refractivity contribution >= 4 is 15.9 Å². The molecule has 0 atom stereocenters. The molecule has 1 radical (unpaired) electrons. The molecule has 1 aromatic carbocycles. The lowest BCUT2D eigenvalue weighted by Crippen LogP contribution is -2.34. The van der Waals surface area contributed by atoms with Gasteiger partial charge in [0.2, 0.25) is 10.0 Å². The molecule has 0 saturated carbocycles. The van der Waals surface area contributed by atoms with Crippen molar-refractivity contribution in [2.75, 3.05) is 18.9 Å². The highest BCUT2D eigenvalue weighted by Gasteiger charge is 2.08. The number of sulfonamides is 1. The van der Waals surface area contributed by atoms with Crippen LogP contribution in [0, 0.1) is 19.9 Å². The van der Waals surface area contributed by atoms with E-state index in [-0.39, 0.29) is 18.9 Å². The lowest BCUT2D eigenvalue weighted by Gasteiger charge is -2.11. The van der Waals surface area contributed by atoms with E-state index in [1.165, 1.54) is 0 Å². The second-order valence-electron chi connectivity index (χ2n) is 4.16. The zero-order valence-electron chi connectivity index (χ0n) is 10.9. The maximum absolute atomic E-state index is 11.4. The SMILES string of the molecule is Cc1c[c]cc(C)c1OCC(=O)NCCS(N)(=O)=O. The Hall–Kier alpha value is -1.60. The van der Waals surface area contributed by atoms with Crippen molar-refractivity contribution in [1.29, 1.82) is 0 Å². The molecule has 6 nitrogen and oxygen atoms in total. The van der Waals surface area contributed by atoms with Gasteiger partial charge in [-0.25, -0.2) is 13.6 Å². The second kappa shape index (κ2) is 6.53. The Morgan fingerprint density at radius 2 is 1.95 bits per heavy atom. The topological polar surface area (TPSA) is 98.5 Å². The fraction of sp³-hybridized carbons (Fsp3) is 0.417. The molecular formula is C12H17N2O4S. The second-order valence-corrected chi connectivity index (χ2v) is 5.89. The van der Waals surface area contributed by atoms with Crippen LogP contribution in [0.5, 0.6) is 5.75 Å². The van der Waals surface area contributed by atoms with E-state index in [0.717, 1.165) is 11.1 Å². The van der Waals surface area contributed by atoms with Gasteiger partial charge in [0.05, 0.1) is 5.75 Å². The first-order chi connectivity index (χ1) is 8.79. The minimum atomic E-state index is -3.56. The van der Waals surface area contributed by atoms with Gasteiger partial charge in [-0.2, -0.15) is 0 Å². The van der Waals surface area contributed by atoms with Gasteiger partial charge in [0, 0.05) is 6.54 Å². The summed E-state index contributed by atoms with van der Waals surface area (Å²) in [5, 5.41) is 7.23. The monoisotopic (exact) mass is 285 g/mol. The van der Waals surface area contributed by atoms with Gasteiger partial charge in [0.1, 0.15) is 5.75 Å². The van der Waals surface area contributed by atoms with E-state index in [1.54, 1.807) is 12.1 Å². The summed E-state index contributed by atoms with van der Waals surface area (Å²) in [6, 6.07) is 6.48. The Labute approximate surface area is 113 Å². The molecule has 3 N–H and O–H groups in total. The number of hydrogen-bond acceptors (Lipinski definition) is 4. The number of hydrogen-bond donors (Lipinski definition) is 2. The summed E-state index contributed by atoms with van der Waals surface area (Å²) in [5.74, 6) is -0.0486. The smallest absolute Gasteiger partial charge is 0.257 e. The number of carbonyl (C=O) groups excluding carboxylic acids is 1. The maximum Gasteiger partial charge on any atom is 0.257 e. The highest BCUT2D eigenvalue weighted by molar-refractivity contribution is 7.89. The fourth-order valence-corrected chi connectivity index (χ4v) is 1.87. The predicted octanol–water partition coefficient (Wildman–Crippen LogP) is -0.113. The molecule has 105 valence electrons. The number of benzene rings is 1. The minimum absolute atomic E-state index is 0.0262. The van der Waals surface area contributed by atoms with Crippen molar-refractivity contribution in [3.63, 3.8) is 0 Å². The third-order valence-corrected chi connectivity index (χ3v) is 3.15. The van der Waals surface area contributed by atoms with Crippen LogP contribution in [0.15, 0.2) is 12.1 Å². The number of amides is 1. The van der Waals surface area contributed by atoms with Gasteiger partial charge in [-0.15, -0.1) is 0 Å². The first kappa shape index (κ1) is 15.5. The summed E-state index contributed by atoms with van der Waals surface area (Å²) in [5.41, 5.74) is 1.77. The van der Waals surface area contributed by atoms with Crippen LogP contribution in [0.2, 0.25) is 0 Å². The molecule has 0 spiro atoms. The zero-order valence-corrected chi connectivity index (χ0v) is 11.7. The maximum atomic E-state index is 11.4. The Bertz CT molecular complexity index is 535. The average molecular weight is 285 g/mol. The molecule has 0 aromatic heterocycles. The molecule has 19 heavy (non-hydrogen) atoms. The molecule has 0 saturated heterocycles. The molecule has 7 heteroatoms. The number of primary sulfonamides is 1. The van der Waals surface area contributed by atoms with E-state index < -0.39 is 15.9 Å². The van der Waals surface area contributed by atoms with Gasteiger partial charge >= 0.3 is 0 Å². The Morgan fingerprint density at radius 3 is 2.47 bits per heavy atom. The van der Waals surface area contributed by atoms with E-state index in [9.17, 15) is 13.2 Å². The van der Waals surface area contributed by atoms with Crippen molar-refractivity contribution in [1.82, 2.24) is 5.32 Å². The van der Waals surface area contributed by atoms with Crippen molar-refractivity contribution in [2.45, 2.75) is 13.8 Å². The van der Waals surface area contributed by atoms with Crippen LogP contribution in [0.3, 0.4) is 0 Å². The average Bonchev–Trinajstić information content (AvgIpc) is 2.26. The van der Waals surface area contributed by atoms with E-state index >= 15 is 0 Å². The normalized spacial score (nSPS) is 11.1. The largest absolute Gasteiger partial charge is 0.483 e. The first-order valence-electron chi connectivity index (χ1n) is 5.67. The van der Waals surface area contributed by atoms with E-state index in [1.807, 2.05) is 13.8 Å². The van der Waals surface area contributed by atoms with E-state index in [0.29, 0.717) is 5.75 Å². The van der Waals surface area contributed by atoms with Crippen LogP contribution in [0.1, 0.15) is 11.1 Å². The number of carbonyl (C=O) groups is 1. The third-order valence-electron chi connectivity index (χ3n) is 2.37. The van der Waals surface area contributed by atoms with Crippen LogP contribution < -0.4 is 15.2 Å².